The second kappa shape index (κ2) is 4.82. The Bertz CT molecular complexity index is 544. The molecule has 4 aliphatic rings. The number of ketones is 1. The second-order valence-corrected chi connectivity index (χ2v) is 8.93. The Morgan fingerprint density at radius 3 is 2.68 bits per heavy atom. The first-order valence-electron chi connectivity index (χ1n) is 9.35. The number of carbonyl (C=O) groups excluding carboxylic acids is 1. The van der Waals surface area contributed by atoms with Crippen LogP contribution in [0.3, 0.4) is 0 Å². The van der Waals surface area contributed by atoms with Crippen molar-refractivity contribution in [3.8, 4) is 0 Å². The highest BCUT2D eigenvalue weighted by Crippen LogP contribution is 2.66. The van der Waals surface area contributed by atoms with Gasteiger partial charge in [-0.3, -0.25) is 4.79 Å². The predicted molar refractivity (Wildman–Crippen MR) is 90.4 cm³/mol. The summed E-state index contributed by atoms with van der Waals surface area (Å²) < 4.78 is 0. The fourth-order valence-electron chi connectivity index (χ4n) is 6.99. The van der Waals surface area contributed by atoms with E-state index in [2.05, 4.69) is 26.5 Å². The maximum Gasteiger partial charge on any atom is 0.155 e. The fourth-order valence-corrected chi connectivity index (χ4v) is 6.99. The van der Waals surface area contributed by atoms with Crippen LogP contribution in [0.2, 0.25) is 0 Å². The molecule has 120 valence electrons. The Kier molecular flexibility index (Phi) is 3.23. The normalized spacial score (nSPS) is 50.6. The molecule has 0 saturated heterocycles. The molecule has 3 unspecified atom stereocenters. The highest BCUT2D eigenvalue weighted by molar-refractivity contribution is 5.91. The minimum atomic E-state index is 0.324. The number of rotatable bonds is 1. The molecule has 4 aliphatic carbocycles. The monoisotopic (exact) mass is 298 g/mol. The van der Waals surface area contributed by atoms with Crippen molar-refractivity contribution < 1.29 is 4.79 Å². The van der Waals surface area contributed by atoms with E-state index in [0.717, 1.165) is 36.5 Å². The minimum absolute atomic E-state index is 0.324. The van der Waals surface area contributed by atoms with Crippen molar-refractivity contribution in [2.75, 3.05) is 0 Å². The van der Waals surface area contributed by atoms with E-state index in [0.29, 0.717) is 16.6 Å². The first-order valence-corrected chi connectivity index (χ1v) is 9.35. The van der Waals surface area contributed by atoms with Crippen LogP contribution in [-0.4, -0.2) is 5.78 Å². The van der Waals surface area contributed by atoms with Gasteiger partial charge in [-0.25, -0.2) is 0 Å². The zero-order valence-corrected chi connectivity index (χ0v) is 14.2. The number of fused-ring (bicyclic) bond motifs is 5. The summed E-state index contributed by atoms with van der Waals surface area (Å²) in [5.41, 5.74) is 2.32. The summed E-state index contributed by atoms with van der Waals surface area (Å²) in [6.07, 6.45) is 14.1. The molecule has 0 aromatic carbocycles. The molecular weight excluding hydrogens is 268 g/mol. The lowest BCUT2D eigenvalue weighted by Gasteiger charge is -2.58. The van der Waals surface area contributed by atoms with Gasteiger partial charge in [-0.2, -0.15) is 0 Å². The van der Waals surface area contributed by atoms with Crippen molar-refractivity contribution in [2.45, 2.75) is 65.2 Å². The van der Waals surface area contributed by atoms with E-state index >= 15 is 0 Å². The van der Waals surface area contributed by atoms with Gasteiger partial charge in [-0.05, 0) is 85.5 Å². The molecule has 0 N–H and O–H groups in total. The van der Waals surface area contributed by atoms with Crippen LogP contribution in [0.25, 0.3) is 0 Å². The second-order valence-electron chi connectivity index (χ2n) is 8.93. The molecule has 0 aliphatic heterocycles. The highest BCUT2D eigenvalue weighted by atomic mass is 16.1. The molecule has 0 aromatic heterocycles. The fraction of sp³-hybridized carbons (Fsp3) is 0.762. The average Bonchev–Trinajstić information content (AvgIpc) is 2.84. The minimum Gasteiger partial charge on any atom is -0.295 e. The third-order valence-corrected chi connectivity index (χ3v) is 8.32. The maximum absolute atomic E-state index is 11.8. The van der Waals surface area contributed by atoms with E-state index in [4.69, 9.17) is 0 Å². The van der Waals surface area contributed by atoms with Gasteiger partial charge in [0.25, 0.3) is 0 Å². The van der Waals surface area contributed by atoms with Crippen molar-refractivity contribution in [3.05, 3.63) is 24.3 Å². The Labute approximate surface area is 135 Å². The van der Waals surface area contributed by atoms with E-state index in [1.807, 2.05) is 6.08 Å². The van der Waals surface area contributed by atoms with Crippen LogP contribution in [0.15, 0.2) is 24.3 Å². The Morgan fingerprint density at radius 1 is 1.09 bits per heavy atom. The van der Waals surface area contributed by atoms with Gasteiger partial charge in [0.05, 0.1) is 0 Å². The SMILES string of the molecule is C=C[C@@H]1CCC2C3CCC4=CC(=O)CC[C@]4(C)C3CC[C@@]21C. The molecule has 0 heterocycles. The van der Waals surface area contributed by atoms with Gasteiger partial charge >= 0.3 is 0 Å². The van der Waals surface area contributed by atoms with Crippen molar-refractivity contribution in [1.29, 1.82) is 0 Å². The lowest BCUT2D eigenvalue weighted by Crippen LogP contribution is -2.50. The molecule has 0 radical (unpaired) electrons. The Balaban J connectivity index is 1.68. The van der Waals surface area contributed by atoms with Crippen LogP contribution in [0.1, 0.15) is 65.2 Å². The van der Waals surface area contributed by atoms with Crippen molar-refractivity contribution in [2.24, 2.45) is 34.5 Å². The van der Waals surface area contributed by atoms with E-state index in [1.54, 1.807) is 0 Å². The quantitative estimate of drug-likeness (QED) is 0.599. The molecule has 0 bridgehead atoms. The lowest BCUT2D eigenvalue weighted by molar-refractivity contribution is -0.117. The van der Waals surface area contributed by atoms with Gasteiger partial charge < -0.3 is 0 Å². The van der Waals surface area contributed by atoms with Crippen molar-refractivity contribution in [1.82, 2.24) is 0 Å². The summed E-state index contributed by atoms with van der Waals surface area (Å²) in [6, 6.07) is 0. The maximum atomic E-state index is 11.8. The summed E-state index contributed by atoms with van der Waals surface area (Å²) >= 11 is 0. The molecule has 3 fully saturated rings. The van der Waals surface area contributed by atoms with Gasteiger partial charge in [-0.15, -0.1) is 6.58 Å². The van der Waals surface area contributed by atoms with Crippen LogP contribution < -0.4 is 0 Å². The molecule has 0 amide bonds. The van der Waals surface area contributed by atoms with Gasteiger partial charge in [0.1, 0.15) is 0 Å². The zero-order chi connectivity index (χ0) is 15.5. The Morgan fingerprint density at radius 2 is 1.91 bits per heavy atom. The van der Waals surface area contributed by atoms with E-state index in [-0.39, 0.29) is 0 Å². The van der Waals surface area contributed by atoms with Gasteiger partial charge in [0.15, 0.2) is 5.78 Å². The van der Waals surface area contributed by atoms with Crippen molar-refractivity contribution in [3.63, 3.8) is 0 Å². The molecule has 6 atom stereocenters. The summed E-state index contributed by atoms with van der Waals surface area (Å²) in [5.74, 6) is 3.71. The molecule has 3 saturated carbocycles. The number of hydrogen-bond acceptors (Lipinski definition) is 1. The number of carbonyl (C=O) groups is 1. The first kappa shape index (κ1) is 14.7. The van der Waals surface area contributed by atoms with E-state index in [9.17, 15) is 4.79 Å². The van der Waals surface area contributed by atoms with E-state index < -0.39 is 0 Å². The third-order valence-electron chi connectivity index (χ3n) is 8.32. The summed E-state index contributed by atoms with van der Waals surface area (Å²) in [5, 5.41) is 0. The van der Waals surface area contributed by atoms with Crippen LogP contribution >= 0.6 is 0 Å². The van der Waals surface area contributed by atoms with Crippen LogP contribution in [0.5, 0.6) is 0 Å². The smallest absolute Gasteiger partial charge is 0.155 e. The molecule has 0 aromatic rings. The first-order chi connectivity index (χ1) is 10.5. The van der Waals surface area contributed by atoms with Crippen LogP contribution in [0, 0.1) is 34.5 Å². The summed E-state index contributed by atoms with van der Waals surface area (Å²) in [7, 11) is 0. The van der Waals surface area contributed by atoms with Crippen molar-refractivity contribution >= 4 is 5.78 Å². The summed E-state index contributed by atoms with van der Waals surface area (Å²) in [6.45, 7) is 9.15. The molecule has 4 rings (SSSR count). The summed E-state index contributed by atoms with van der Waals surface area (Å²) in [4.78, 5) is 11.8. The van der Waals surface area contributed by atoms with Crippen LogP contribution in [-0.2, 0) is 4.79 Å². The average molecular weight is 298 g/mol. The Hall–Kier alpha value is -0.850. The zero-order valence-electron chi connectivity index (χ0n) is 14.2. The predicted octanol–water partition coefficient (Wildman–Crippen LogP) is 5.32. The van der Waals surface area contributed by atoms with E-state index in [1.165, 1.54) is 44.1 Å². The molecule has 1 heteroatoms. The number of allylic oxidation sites excluding steroid dienone is 2. The molecular formula is C21H30O. The third kappa shape index (κ3) is 1.80. The molecule has 1 nitrogen and oxygen atoms in total. The van der Waals surface area contributed by atoms with Gasteiger partial charge in [-0.1, -0.05) is 25.5 Å². The number of hydrogen-bond donors (Lipinski definition) is 0. The highest BCUT2D eigenvalue weighted by Gasteiger charge is 2.58. The standard InChI is InChI=1S/C21H30O/c1-4-14-6-8-18-17-7-5-15-13-16(22)9-11-21(15,3)19(17)10-12-20(14,18)2/h4,13-14,17-19H,1,5-12H2,2-3H3/t14-,17?,18?,19?,20-,21+/m1/s1. The van der Waals surface area contributed by atoms with Gasteiger partial charge in [0.2, 0.25) is 0 Å². The largest absolute Gasteiger partial charge is 0.295 e. The lowest BCUT2D eigenvalue weighted by atomic mass is 9.47. The molecule has 22 heavy (non-hydrogen) atoms. The topological polar surface area (TPSA) is 17.1 Å². The molecule has 0 spiro atoms. The van der Waals surface area contributed by atoms with Gasteiger partial charge in [0, 0.05) is 6.42 Å². The van der Waals surface area contributed by atoms with Crippen LogP contribution in [0.4, 0.5) is 0 Å².